The first-order valence-corrected chi connectivity index (χ1v) is 8.01. The van der Waals surface area contributed by atoms with Gasteiger partial charge in [-0.25, -0.2) is 4.79 Å². The Morgan fingerprint density at radius 2 is 2.13 bits per heavy atom. The van der Waals surface area contributed by atoms with Crippen molar-refractivity contribution in [3.05, 3.63) is 29.3 Å². The molecule has 1 aromatic rings. The topological polar surface area (TPSA) is 48.0 Å². The van der Waals surface area contributed by atoms with Crippen LogP contribution in [0, 0.1) is 6.92 Å². The van der Waals surface area contributed by atoms with Gasteiger partial charge < -0.3 is 19.1 Å². The molecule has 1 aromatic carbocycles. The Kier molecular flexibility index (Phi) is 5.52. The fourth-order valence-electron chi connectivity index (χ4n) is 2.67. The van der Waals surface area contributed by atoms with E-state index in [-0.39, 0.29) is 12.2 Å². The molecule has 0 bridgehead atoms. The van der Waals surface area contributed by atoms with E-state index >= 15 is 0 Å². The van der Waals surface area contributed by atoms with Crippen molar-refractivity contribution in [2.75, 3.05) is 26.8 Å². The Labute approximate surface area is 138 Å². The first-order valence-electron chi connectivity index (χ1n) is 8.01. The molecule has 0 saturated carbocycles. The molecule has 0 unspecified atom stereocenters. The Morgan fingerprint density at radius 1 is 1.39 bits per heavy atom. The SMILES string of the molecule is COc1ccc(C[C@@H]2CN(C(=O)OC(C)(C)C)CCO2)cc1C. The van der Waals surface area contributed by atoms with Crippen molar-refractivity contribution in [1.82, 2.24) is 4.90 Å². The third-order valence-electron chi connectivity index (χ3n) is 3.71. The van der Waals surface area contributed by atoms with Crippen molar-refractivity contribution < 1.29 is 19.0 Å². The number of methoxy groups -OCH3 is 1. The van der Waals surface area contributed by atoms with Gasteiger partial charge in [-0.05, 0) is 44.9 Å². The molecule has 1 aliphatic heterocycles. The number of hydrogen-bond acceptors (Lipinski definition) is 4. The molecule has 1 heterocycles. The number of amides is 1. The summed E-state index contributed by atoms with van der Waals surface area (Å²) in [6, 6.07) is 6.12. The highest BCUT2D eigenvalue weighted by molar-refractivity contribution is 5.68. The molecule has 1 amide bonds. The van der Waals surface area contributed by atoms with Crippen LogP contribution in [0.25, 0.3) is 0 Å². The second-order valence-electron chi connectivity index (χ2n) is 6.93. The second kappa shape index (κ2) is 7.21. The van der Waals surface area contributed by atoms with Crippen LogP contribution >= 0.6 is 0 Å². The molecule has 0 aromatic heterocycles. The first-order chi connectivity index (χ1) is 10.8. The van der Waals surface area contributed by atoms with Crippen LogP contribution in [0.3, 0.4) is 0 Å². The molecule has 0 radical (unpaired) electrons. The van der Waals surface area contributed by atoms with Gasteiger partial charge in [-0.3, -0.25) is 0 Å². The van der Waals surface area contributed by atoms with E-state index in [0.717, 1.165) is 17.7 Å². The van der Waals surface area contributed by atoms with Crippen LogP contribution in [0.15, 0.2) is 18.2 Å². The fourth-order valence-corrected chi connectivity index (χ4v) is 2.67. The van der Waals surface area contributed by atoms with Gasteiger partial charge in [0, 0.05) is 13.0 Å². The summed E-state index contributed by atoms with van der Waals surface area (Å²) in [6.07, 6.45) is 0.491. The van der Waals surface area contributed by atoms with E-state index in [1.165, 1.54) is 5.56 Å². The Hall–Kier alpha value is -1.75. The first kappa shape index (κ1) is 17.6. The highest BCUT2D eigenvalue weighted by Gasteiger charge is 2.28. The van der Waals surface area contributed by atoms with Gasteiger partial charge >= 0.3 is 6.09 Å². The van der Waals surface area contributed by atoms with Crippen molar-refractivity contribution in [2.45, 2.75) is 45.8 Å². The van der Waals surface area contributed by atoms with Crippen molar-refractivity contribution in [1.29, 1.82) is 0 Å². The maximum atomic E-state index is 12.2. The Balaban J connectivity index is 1.96. The summed E-state index contributed by atoms with van der Waals surface area (Å²) < 4.78 is 16.5. The summed E-state index contributed by atoms with van der Waals surface area (Å²) in [4.78, 5) is 13.9. The minimum absolute atomic E-state index is 0.0101. The van der Waals surface area contributed by atoms with E-state index in [0.29, 0.717) is 19.7 Å². The highest BCUT2D eigenvalue weighted by atomic mass is 16.6. The minimum Gasteiger partial charge on any atom is -0.496 e. The number of nitrogens with zero attached hydrogens (tertiary/aromatic N) is 1. The lowest BCUT2D eigenvalue weighted by Crippen LogP contribution is -2.48. The van der Waals surface area contributed by atoms with Gasteiger partial charge in [-0.2, -0.15) is 0 Å². The van der Waals surface area contributed by atoms with Crippen LogP contribution in [0.5, 0.6) is 5.75 Å². The van der Waals surface area contributed by atoms with Crippen molar-refractivity contribution >= 4 is 6.09 Å². The summed E-state index contributed by atoms with van der Waals surface area (Å²) in [7, 11) is 1.67. The summed E-state index contributed by atoms with van der Waals surface area (Å²) >= 11 is 0. The molecule has 0 aliphatic carbocycles. The normalized spacial score (nSPS) is 18.7. The molecule has 2 rings (SSSR count). The van der Waals surface area contributed by atoms with Gasteiger partial charge in [0.25, 0.3) is 0 Å². The number of hydrogen-bond donors (Lipinski definition) is 0. The smallest absolute Gasteiger partial charge is 0.410 e. The zero-order valence-corrected chi connectivity index (χ0v) is 14.7. The quantitative estimate of drug-likeness (QED) is 0.858. The molecule has 5 heteroatoms. The summed E-state index contributed by atoms with van der Waals surface area (Å²) in [6.45, 7) is 9.33. The maximum absolute atomic E-state index is 12.2. The molecule has 1 saturated heterocycles. The predicted octanol–water partition coefficient (Wildman–Crippen LogP) is 3.18. The number of morpholine rings is 1. The number of benzene rings is 1. The van der Waals surface area contributed by atoms with Gasteiger partial charge in [-0.15, -0.1) is 0 Å². The van der Waals surface area contributed by atoms with Crippen LogP contribution in [0.2, 0.25) is 0 Å². The molecule has 128 valence electrons. The largest absolute Gasteiger partial charge is 0.496 e. The van der Waals surface area contributed by atoms with Crippen LogP contribution in [0.1, 0.15) is 31.9 Å². The molecule has 23 heavy (non-hydrogen) atoms. The van der Waals surface area contributed by atoms with E-state index in [1.54, 1.807) is 12.0 Å². The van der Waals surface area contributed by atoms with Gasteiger partial charge in [0.2, 0.25) is 0 Å². The minimum atomic E-state index is -0.474. The zero-order valence-electron chi connectivity index (χ0n) is 14.7. The van der Waals surface area contributed by atoms with Crippen LogP contribution in [-0.4, -0.2) is 49.5 Å². The lowest BCUT2D eigenvalue weighted by atomic mass is 10.0. The average molecular weight is 321 g/mol. The van der Waals surface area contributed by atoms with Gasteiger partial charge in [0.1, 0.15) is 11.4 Å². The lowest BCUT2D eigenvalue weighted by Gasteiger charge is -2.34. The predicted molar refractivity (Wildman–Crippen MR) is 89.0 cm³/mol. The van der Waals surface area contributed by atoms with Gasteiger partial charge in [-0.1, -0.05) is 12.1 Å². The standard InChI is InChI=1S/C18H27NO4/c1-13-10-14(6-7-16(13)21-5)11-15-12-19(8-9-22-15)17(20)23-18(2,3)4/h6-7,10,15H,8-9,11-12H2,1-5H3/t15-/m1/s1. The van der Waals surface area contributed by atoms with E-state index in [1.807, 2.05) is 39.8 Å². The van der Waals surface area contributed by atoms with E-state index in [4.69, 9.17) is 14.2 Å². The number of aryl methyl sites for hydroxylation is 1. The summed E-state index contributed by atoms with van der Waals surface area (Å²) in [5, 5.41) is 0. The van der Waals surface area contributed by atoms with Crippen LogP contribution in [-0.2, 0) is 15.9 Å². The van der Waals surface area contributed by atoms with E-state index in [2.05, 4.69) is 6.07 Å². The molecule has 5 nitrogen and oxygen atoms in total. The van der Waals surface area contributed by atoms with E-state index in [9.17, 15) is 4.79 Å². The van der Waals surface area contributed by atoms with Crippen molar-refractivity contribution in [3.63, 3.8) is 0 Å². The third kappa shape index (κ3) is 5.13. The number of carbonyl (C=O) groups is 1. The Bertz CT molecular complexity index is 550. The van der Waals surface area contributed by atoms with Crippen LogP contribution < -0.4 is 4.74 Å². The third-order valence-corrected chi connectivity index (χ3v) is 3.71. The summed E-state index contributed by atoms with van der Waals surface area (Å²) in [5.41, 5.74) is 1.81. The molecule has 1 fully saturated rings. The number of carbonyl (C=O) groups excluding carboxylic acids is 1. The molecular weight excluding hydrogens is 294 g/mol. The summed E-state index contributed by atoms with van der Waals surface area (Å²) in [5.74, 6) is 0.883. The molecule has 0 spiro atoms. The Morgan fingerprint density at radius 3 is 2.74 bits per heavy atom. The van der Waals surface area contributed by atoms with E-state index < -0.39 is 5.60 Å². The maximum Gasteiger partial charge on any atom is 0.410 e. The average Bonchev–Trinajstić information content (AvgIpc) is 2.46. The zero-order chi connectivity index (χ0) is 17.0. The molecule has 1 atom stereocenters. The monoisotopic (exact) mass is 321 g/mol. The van der Waals surface area contributed by atoms with Gasteiger partial charge in [0.15, 0.2) is 0 Å². The molecular formula is C18H27NO4. The van der Waals surface area contributed by atoms with Crippen molar-refractivity contribution in [3.8, 4) is 5.75 Å². The van der Waals surface area contributed by atoms with Crippen LogP contribution in [0.4, 0.5) is 4.79 Å². The molecule has 1 aliphatic rings. The highest BCUT2D eigenvalue weighted by Crippen LogP contribution is 2.21. The molecule has 0 N–H and O–H groups in total. The fraction of sp³-hybridized carbons (Fsp3) is 0.611. The lowest BCUT2D eigenvalue weighted by molar-refractivity contribution is -0.0415. The van der Waals surface area contributed by atoms with Gasteiger partial charge in [0.05, 0.1) is 26.4 Å². The number of ether oxygens (including phenoxy) is 3. The number of rotatable bonds is 3. The van der Waals surface area contributed by atoms with Crippen molar-refractivity contribution in [2.24, 2.45) is 0 Å². The second-order valence-corrected chi connectivity index (χ2v) is 6.93.